The summed E-state index contributed by atoms with van der Waals surface area (Å²) in [5, 5.41) is 13.9. The largest absolute Gasteiger partial charge is 0.387 e. The molecule has 2 N–H and O–H groups in total. The summed E-state index contributed by atoms with van der Waals surface area (Å²) in [6.45, 7) is 2.01. The van der Waals surface area contributed by atoms with Gasteiger partial charge in [0.2, 0.25) is 0 Å². The molecule has 2 aromatic rings. The van der Waals surface area contributed by atoms with E-state index in [0.717, 1.165) is 5.56 Å². The molecule has 0 radical (unpaired) electrons. The molecule has 1 atom stereocenters. The molecule has 0 fully saturated rings. The van der Waals surface area contributed by atoms with Crippen molar-refractivity contribution >= 4 is 28.9 Å². The normalized spacial score (nSPS) is 12.2. The maximum absolute atomic E-state index is 13.6. The number of halogens is 3. The Morgan fingerprint density at radius 1 is 1.20 bits per heavy atom. The van der Waals surface area contributed by atoms with Gasteiger partial charge in [0.15, 0.2) is 0 Å². The van der Waals surface area contributed by atoms with E-state index in [2.05, 4.69) is 5.32 Å². The lowest BCUT2D eigenvalue weighted by Crippen LogP contribution is -2.13. The van der Waals surface area contributed by atoms with Crippen LogP contribution in [0, 0.1) is 12.7 Å². The molecule has 0 spiro atoms. The standard InChI is InChI=1S/C15H14Cl2FNO/c1-9-2-5-13(18)14(6-9)19-8-15(20)11-7-10(16)3-4-12(11)17/h2-7,15,19-20H,8H2,1H3. The molecule has 0 aliphatic rings. The second-order valence-corrected chi connectivity index (χ2v) is 5.39. The SMILES string of the molecule is Cc1ccc(F)c(NCC(O)c2cc(Cl)ccc2Cl)c1. The van der Waals surface area contributed by atoms with Crippen molar-refractivity contribution in [1.29, 1.82) is 0 Å². The second-order valence-electron chi connectivity index (χ2n) is 4.55. The highest BCUT2D eigenvalue weighted by Crippen LogP contribution is 2.27. The summed E-state index contributed by atoms with van der Waals surface area (Å²) >= 11 is 11.9. The summed E-state index contributed by atoms with van der Waals surface area (Å²) in [6.07, 6.45) is -0.874. The van der Waals surface area contributed by atoms with Crippen LogP contribution in [0.25, 0.3) is 0 Å². The number of benzene rings is 2. The van der Waals surface area contributed by atoms with E-state index in [9.17, 15) is 9.50 Å². The third-order valence-electron chi connectivity index (χ3n) is 2.92. The summed E-state index contributed by atoms with van der Waals surface area (Å²) in [6, 6.07) is 9.62. The van der Waals surface area contributed by atoms with Gasteiger partial charge in [-0.05, 0) is 42.8 Å². The fourth-order valence-electron chi connectivity index (χ4n) is 1.86. The minimum absolute atomic E-state index is 0.139. The Kier molecular flexibility index (Phi) is 4.86. The smallest absolute Gasteiger partial charge is 0.146 e. The minimum atomic E-state index is -0.874. The number of aryl methyl sites for hydroxylation is 1. The van der Waals surface area contributed by atoms with E-state index >= 15 is 0 Å². The Morgan fingerprint density at radius 3 is 2.70 bits per heavy atom. The fourth-order valence-corrected chi connectivity index (χ4v) is 2.29. The van der Waals surface area contributed by atoms with Crippen molar-refractivity contribution in [3.8, 4) is 0 Å². The summed E-state index contributed by atoms with van der Waals surface area (Å²) in [5.41, 5.74) is 1.80. The molecular weight excluding hydrogens is 300 g/mol. The van der Waals surface area contributed by atoms with Crippen molar-refractivity contribution in [3.63, 3.8) is 0 Å². The number of nitrogens with one attached hydrogen (secondary N) is 1. The molecule has 0 aromatic heterocycles. The molecule has 0 heterocycles. The maximum atomic E-state index is 13.6. The molecule has 0 saturated carbocycles. The van der Waals surface area contributed by atoms with Gasteiger partial charge in [0.1, 0.15) is 5.82 Å². The summed E-state index contributed by atoms with van der Waals surface area (Å²) in [5.74, 6) is -0.361. The zero-order chi connectivity index (χ0) is 14.7. The third-order valence-corrected chi connectivity index (χ3v) is 3.50. The highest BCUT2D eigenvalue weighted by Gasteiger charge is 2.13. The topological polar surface area (TPSA) is 32.3 Å². The van der Waals surface area contributed by atoms with E-state index in [1.807, 2.05) is 6.92 Å². The molecule has 0 bridgehead atoms. The average molecular weight is 314 g/mol. The van der Waals surface area contributed by atoms with Gasteiger partial charge in [-0.1, -0.05) is 29.3 Å². The van der Waals surface area contributed by atoms with Gasteiger partial charge >= 0.3 is 0 Å². The molecule has 2 aromatic carbocycles. The van der Waals surface area contributed by atoms with Gasteiger partial charge < -0.3 is 10.4 Å². The Hall–Kier alpha value is -1.29. The maximum Gasteiger partial charge on any atom is 0.146 e. The first-order valence-corrected chi connectivity index (χ1v) is 6.86. The van der Waals surface area contributed by atoms with E-state index in [-0.39, 0.29) is 12.4 Å². The molecule has 2 rings (SSSR count). The lowest BCUT2D eigenvalue weighted by atomic mass is 10.1. The average Bonchev–Trinajstić information content (AvgIpc) is 2.42. The van der Waals surface area contributed by atoms with Crippen LogP contribution >= 0.6 is 23.2 Å². The van der Waals surface area contributed by atoms with E-state index in [0.29, 0.717) is 21.3 Å². The van der Waals surface area contributed by atoms with Crippen LogP contribution in [-0.2, 0) is 0 Å². The minimum Gasteiger partial charge on any atom is -0.387 e. The van der Waals surface area contributed by atoms with Crippen LogP contribution in [0.15, 0.2) is 36.4 Å². The van der Waals surface area contributed by atoms with Gasteiger partial charge in [-0.25, -0.2) is 4.39 Å². The first-order valence-electron chi connectivity index (χ1n) is 6.10. The fraction of sp³-hybridized carbons (Fsp3) is 0.200. The van der Waals surface area contributed by atoms with Crippen LogP contribution in [-0.4, -0.2) is 11.7 Å². The van der Waals surface area contributed by atoms with Gasteiger partial charge in [-0.15, -0.1) is 0 Å². The van der Waals surface area contributed by atoms with Gasteiger partial charge in [-0.3, -0.25) is 0 Å². The van der Waals surface area contributed by atoms with E-state index in [1.165, 1.54) is 6.07 Å². The van der Waals surface area contributed by atoms with Crippen molar-refractivity contribution in [1.82, 2.24) is 0 Å². The van der Waals surface area contributed by atoms with Crippen LogP contribution in [0.4, 0.5) is 10.1 Å². The monoisotopic (exact) mass is 313 g/mol. The van der Waals surface area contributed by atoms with Crippen molar-refractivity contribution in [2.75, 3.05) is 11.9 Å². The molecule has 1 unspecified atom stereocenters. The molecule has 106 valence electrons. The quantitative estimate of drug-likeness (QED) is 0.865. The van der Waals surface area contributed by atoms with Gasteiger partial charge in [-0.2, -0.15) is 0 Å². The van der Waals surface area contributed by atoms with Gasteiger partial charge in [0.05, 0.1) is 11.8 Å². The Labute approximate surface area is 127 Å². The third kappa shape index (κ3) is 3.63. The zero-order valence-electron chi connectivity index (χ0n) is 10.8. The zero-order valence-corrected chi connectivity index (χ0v) is 12.3. The summed E-state index contributed by atoms with van der Waals surface area (Å²) in [7, 11) is 0. The van der Waals surface area contributed by atoms with E-state index < -0.39 is 6.10 Å². The summed E-state index contributed by atoms with van der Waals surface area (Å²) in [4.78, 5) is 0. The molecule has 0 aliphatic carbocycles. The van der Waals surface area contributed by atoms with Crippen molar-refractivity contribution in [2.45, 2.75) is 13.0 Å². The first-order chi connectivity index (χ1) is 9.47. The highest BCUT2D eigenvalue weighted by atomic mass is 35.5. The lowest BCUT2D eigenvalue weighted by molar-refractivity contribution is 0.191. The molecule has 2 nitrogen and oxygen atoms in total. The van der Waals surface area contributed by atoms with Crippen molar-refractivity contribution < 1.29 is 9.50 Å². The van der Waals surface area contributed by atoms with Crippen LogP contribution in [0.2, 0.25) is 10.0 Å². The predicted octanol–water partition coefficient (Wildman–Crippen LogP) is 4.59. The van der Waals surface area contributed by atoms with Gasteiger partial charge in [0.25, 0.3) is 0 Å². The van der Waals surface area contributed by atoms with Crippen LogP contribution in [0.1, 0.15) is 17.2 Å². The molecular formula is C15H14Cl2FNO. The number of aliphatic hydroxyl groups is 1. The Bertz CT molecular complexity index is 619. The number of hydrogen-bond acceptors (Lipinski definition) is 2. The molecule has 5 heteroatoms. The second kappa shape index (κ2) is 6.44. The number of anilines is 1. The number of rotatable bonds is 4. The van der Waals surface area contributed by atoms with E-state index in [4.69, 9.17) is 23.2 Å². The van der Waals surface area contributed by atoms with Gasteiger partial charge in [0, 0.05) is 22.2 Å². The molecule has 0 amide bonds. The van der Waals surface area contributed by atoms with Crippen molar-refractivity contribution in [3.05, 3.63) is 63.4 Å². The predicted molar refractivity (Wildman–Crippen MR) is 81.0 cm³/mol. The Morgan fingerprint density at radius 2 is 1.95 bits per heavy atom. The van der Waals surface area contributed by atoms with Crippen LogP contribution < -0.4 is 5.32 Å². The van der Waals surface area contributed by atoms with Crippen LogP contribution in [0.5, 0.6) is 0 Å². The van der Waals surface area contributed by atoms with E-state index in [1.54, 1.807) is 30.3 Å². The van der Waals surface area contributed by atoms with Crippen LogP contribution in [0.3, 0.4) is 0 Å². The highest BCUT2D eigenvalue weighted by molar-refractivity contribution is 6.33. The number of aliphatic hydroxyl groups excluding tert-OH is 1. The first kappa shape index (κ1) is 15.1. The van der Waals surface area contributed by atoms with Crippen molar-refractivity contribution in [2.24, 2.45) is 0 Å². The number of hydrogen-bond donors (Lipinski definition) is 2. The lowest BCUT2D eigenvalue weighted by Gasteiger charge is -2.15. The molecule has 0 aliphatic heterocycles. The summed E-state index contributed by atoms with van der Waals surface area (Å²) < 4.78 is 13.6. The Balaban J connectivity index is 2.10. The molecule has 0 saturated heterocycles. The molecule has 20 heavy (non-hydrogen) atoms.